The Morgan fingerprint density at radius 2 is 1.69 bits per heavy atom. The molecule has 0 bridgehead atoms. The van der Waals surface area contributed by atoms with Crippen LogP contribution in [0.2, 0.25) is 0 Å². The Kier molecular flexibility index (Phi) is 9.57. The van der Waals surface area contributed by atoms with E-state index < -0.39 is 29.4 Å². The van der Waals surface area contributed by atoms with Crippen molar-refractivity contribution in [2.75, 3.05) is 19.8 Å². The number of nitrogens with one attached hydrogen (secondary N) is 1. The average molecular weight is 662 g/mol. The molecule has 6 rings (SSSR count). The maximum atomic E-state index is 13.6. The lowest BCUT2D eigenvalue weighted by atomic mass is 9.46. The van der Waals surface area contributed by atoms with Crippen molar-refractivity contribution in [3.05, 3.63) is 47.5 Å². The van der Waals surface area contributed by atoms with E-state index in [1.54, 1.807) is 0 Å². The number of Topliss-reactive ketones (excluding diaryl/α,β-unsaturated/α-hetero) is 1. The highest BCUT2D eigenvalue weighted by Gasteiger charge is 2.66. The highest BCUT2D eigenvalue weighted by Crippen LogP contribution is 2.67. The van der Waals surface area contributed by atoms with Crippen LogP contribution in [-0.2, 0) is 34.1 Å². The smallest absolute Gasteiger partial charge is 0.306 e. The molecule has 262 valence electrons. The summed E-state index contributed by atoms with van der Waals surface area (Å²) < 4.78 is 11.4. The molecule has 48 heavy (non-hydrogen) atoms. The fraction of sp³-hybridized carbons (Fsp3) is 0.700. The molecule has 3 saturated carbocycles. The fourth-order valence-corrected chi connectivity index (χ4v) is 11.0. The lowest BCUT2D eigenvalue weighted by Crippen LogP contribution is -2.58. The molecule has 1 heterocycles. The molecule has 8 nitrogen and oxygen atoms in total. The molecule has 8 heteroatoms. The molecule has 1 aromatic rings. The Morgan fingerprint density at radius 3 is 2.44 bits per heavy atom. The van der Waals surface area contributed by atoms with E-state index in [-0.39, 0.29) is 46.9 Å². The topological polar surface area (TPSA) is 119 Å². The highest BCUT2D eigenvalue weighted by atomic mass is 16.5. The van der Waals surface area contributed by atoms with Crippen LogP contribution in [0, 0.1) is 28.6 Å². The number of amides is 1. The molecule has 7 atom stereocenters. The van der Waals surface area contributed by atoms with Crippen LogP contribution in [0.3, 0.4) is 0 Å². The number of benzene rings is 1. The Labute approximate surface area is 285 Å². The van der Waals surface area contributed by atoms with Crippen molar-refractivity contribution >= 4 is 23.4 Å². The van der Waals surface area contributed by atoms with E-state index in [4.69, 9.17) is 9.47 Å². The van der Waals surface area contributed by atoms with Crippen molar-refractivity contribution in [3.8, 4) is 0 Å². The van der Waals surface area contributed by atoms with Gasteiger partial charge in [0.1, 0.15) is 5.60 Å². The summed E-state index contributed by atoms with van der Waals surface area (Å²) in [5, 5.41) is 14.9. The summed E-state index contributed by atoms with van der Waals surface area (Å²) in [6, 6.07) is 10.4. The number of hydrogen-bond donors (Lipinski definition) is 2. The number of rotatable bonds is 10. The van der Waals surface area contributed by atoms with Gasteiger partial charge in [0.05, 0.1) is 12.0 Å². The molecule has 0 radical (unpaired) electrons. The van der Waals surface area contributed by atoms with Crippen molar-refractivity contribution in [2.45, 2.75) is 128 Å². The normalized spacial score (nSPS) is 37.0. The number of ether oxygens (including phenoxy) is 2. The minimum atomic E-state index is -1.53. The van der Waals surface area contributed by atoms with Gasteiger partial charge in [-0.25, -0.2) is 0 Å². The quantitative estimate of drug-likeness (QED) is 0.288. The monoisotopic (exact) mass is 661 g/mol. The Bertz CT molecular complexity index is 1450. The van der Waals surface area contributed by atoms with Crippen LogP contribution in [0.4, 0.5) is 0 Å². The third-order valence-corrected chi connectivity index (χ3v) is 13.6. The summed E-state index contributed by atoms with van der Waals surface area (Å²) in [6.07, 6.45) is 10.5. The number of carbonyl (C=O) groups is 4. The first-order valence-electron chi connectivity index (χ1n) is 18.3. The summed E-state index contributed by atoms with van der Waals surface area (Å²) in [7, 11) is 0. The van der Waals surface area contributed by atoms with Crippen LogP contribution in [-0.4, -0.2) is 59.5 Å². The van der Waals surface area contributed by atoms with Gasteiger partial charge in [-0.1, -0.05) is 49.8 Å². The maximum absolute atomic E-state index is 13.6. The molecule has 0 spiro atoms. The minimum Gasteiger partial charge on any atom is -0.458 e. The fourth-order valence-electron chi connectivity index (χ4n) is 11.0. The number of allylic oxidation sites excluding steroid dienone is 1. The van der Waals surface area contributed by atoms with E-state index >= 15 is 0 Å². The zero-order valence-corrected chi connectivity index (χ0v) is 29.4. The van der Waals surface area contributed by atoms with Gasteiger partial charge in [0.25, 0.3) is 0 Å². The Hall–Kier alpha value is -2.84. The predicted molar refractivity (Wildman–Crippen MR) is 182 cm³/mol. The second-order valence-electron chi connectivity index (χ2n) is 16.7. The van der Waals surface area contributed by atoms with Crippen molar-refractivity contribution in [2.24, 2.45) is 28.6 Å². The average Bonchev–Trinajstić information content (AvgIpc) is 3.34. The zero-order chi connectivity index (χ0) is 34.4. The van der Waals surface area contributed by atoms with Gasteiger partial charge in [-0.05, 0) is 113 Å². The third-order valence-electron chi connectivity index (χ3n) is 13.6. The van der Waals surface area contributed by atoms with Crippen LogP contribution < -0.4 is 5.32 Å². The van der Waals surface area contributed by atoms with Crippen molar-refractivity contribution < 1.29 is 33.8 Å². The zero-order valence-electron chi connectivity index (χ0n) is 29.4. The molecule has 0 unspecified atom stereocenters. The summed E-state index contributed by atoms with van der Waals surface area (Å²) in [5.41, 5.74) is 0.112. The van der Waals surface area contributed by atoms with E-state index in [1.807, 2.05) is 24.3 Å². The highest BCUT2D eigenvalue weighted by molar-refractivity contribution is 5.92. The predicted octanol–water partition coefficient (Wildman–Crippen LogP) is 6.18. The Morgan fingerprint density at radius 1 is 0.938 bits per heavy atom. The maximum Gasteiger partial charge on any atom is 0.306 e. The number of carbonyl (C=O) groups excluding carboxylic acids is 4. The summed E-state index contributed by atoms with van der Waals surface area (Å²) >= 11 is 0. The van der Waals surface area contributed by atoms with E-state index in [9.17, 15) is 24.3 Å². The number of hydrogen-bond acceptors (Lipinski definition) is 7. The van der Waals surface area contributed by atoms with Crippen LogP contribution in [0.15, 0.2) is 42.0 Å². The third kappa shape index (κ3) is 6.32. The van der Waals surface area contributed by atoms with Gasteiger partial charge in [0.15, 0.2) is 12.4 Å². The first-order chi connectivity index (χ1) is 22.7. The van der Waals surface area contributed by atoms with Gasteiger partial charge in [0.2, 0.25) is 11.7 Å². The lowest BCUT2D eigenvalue weighted by Gasteiger charge is -2.58. The molecular formula is C40H55NO7. The minimum absolute atomic E-state index is 0.0200. The van der Waals surface area contributed by atoms with E-state index in [1.165, 1.54) is 11.1 Å². The number of fused-ring (bicyclic) bond motifs is 5. The van der Waals surface area contributed by atoms with Crippen LogP contribution in [0.25, 0.3) is 0 Å². The molecule has 1 aromatic carbocycles. The van der Waals surface area contributed by atoms with Crippen LogP contribution >= 0.6 is 0 Å². The molecule has 0 aromatic heterocycles. The van der Waals surface area contributed by atoms with Gasteiger partial charge < -0.3 is 19.9 Å². The molecule has 1 saturated heterocycles. The molecule has 2 N–H and O–H groups in total. The number of aliphatic hydroxyl groups is 1. The second-order valence-corrected chi connectivity index (χ2v) is 16.7. The van der Waals surface area contributed by atoms with Gasteiger partial charge in [-0.2, -0.15) is 0 Å². The summed E-state index contributed by atoms with van der Waals surface area (Å²) in [4.78, 5) is 51.1. The van der Waals surface area contributed by atoms with Gasteiger partial charge >= 0.3 is 5.97 Å². The first-order valence-corrected chi connectivity index (χ1v) is 18.3. The van der Waals surface area contributed by atoms with E-state index in [2.05, 4.69) is 45.1 Å². The molecule has 5 aliphatic rings. The van der Waals surface area contributed by atoms with E-state index in [0.29, 0.717) is 37.8 Å². The number of esters is 1. The second kappa shape index (κ2) is 13.1. The molecule has 4 aliphatic carbocycles. The SMILES string of the molecule is CC1(C)C[C@](CCNC(=O)CCC(=O)OCC(=O)[C@@]2(O)CC[C@@H]3[C@@H]4CCC5=CC(=O)CC[C@]5(C)[C@@H]4CC[C@]32C)(c2ccccc2)CCO1. The summed E-state index contributed by atoms with van der Waals surface area (Å²) in [6.45, 7) is 9.28. The standard InChI is InChI=1S/C40H55NO7/c1-36(2)26-39(21-23-48-36,27-8-6-5-7-9-27)20-22-41-34(44)12-13-35(45)47-25-33(43)40(46)19-16-32-30-11-10-28-24-29(42)14-17-37(28,3)31(30)15-18-38(32,40)4/h5-9,24,30-32,46H,10-23,25-26H2,1-4H3,(H,41,44)/t30-,31-,32-,37+,38-,39-,40+/m1/s1. The van der Waals surface area contributed by atoms with Crippen molar-refractivity contribution in [3.63, 3.8) is 0 Å². The molecule has 1 aliphatic heterocycles. The molecule has 1 amide bonds. The first kappa shape index (κ1) is 35.0. The van der Waals surface area contributed by atoms with E-state index in [0.717, 1.165) is 57.8 Å². The van der Waals surface area contributed by atoms with Crippen LogP contribution in [0.5, 0.6) is 0 Å². The molecular weight excluding hydrogens is 606 g/mol. The van der Waals surface area contributed by atoms with Crippen molar-refractivity contribution in [1.29, 1.82) is 0 Å². The Balaban J connectivity index is 0.981. The summed E-state index contributed by atoms with van der Waals surface area (Å²) in [5.74, 6) is 0.0535. The lowest BCUT2D eigenvalue weighted by molar-refractivity contribution is -0.170. The van der Waals surface area contributed by atoms with Crippen molar-refractivity contribution in [1.82, 2.24) is 5.32 Å². The largest absolute Gasteiger partial charge is 0.458 e. The van der Waals surface area contributed by atoms with Gasteiger partial charge in [0, 0.05) is 36.8 Å². The molecule has 4 fully saturated rings. The van der Waals surface area contributed by atoms with Crippen LogP contribution in [0.1, 0.15) is 117 Å². The van der Waals surface area contributed by atoms with Gasteiger partial charge in [-0.3, -0.25) is 19.2 Å². The van der Waals surface area contributed by atoms with Gasteiger partial charge in [-0.15, -0.1) is 0 Å². The number of ketones is 2.